The maximum Gasteiger partial charge on any atom is 0.143 e. The first-order valence-electron chi connectivity index (χ1n) is 5.52. The van der Waals surface area contributed by atoms with Gasteiger partial charge >= 0.3 is 0 Å². The predicted molar refractivity (Wildman–Crippen MR) is 67.6 cm³/mol. The summed E-state index contributed by atoms with van der Waals surface area (Å²) in [7, 11) is 0. The molecule has 16 heavy (non-hydrogen) atoms. The lowest BCUT2D eigenvalue weighted by atomic mass is 10.0. The van der Waals surface area contributed by atoms with Crippen LogP contribution in [0.5, 0.6) is 5.75 Å². The predicted octanol–water partition coefficient (Wildman–Crippen LogP) is 3.82. The molecule has 1 N–H and O–H groups in total. The van der Waals surface area contributed by atoms with Crippen LogP contribution >= 0.6 is 23.2 Å². The third-order valence-electron chi connectivity index (χ3n) is 2.76. The van der Waals surface area contributed by atoms with Crippen molar-refractivity contribution >= 4 is 23.2 Å². The molecular weight excluding hydrogens is 245 g/mol. The monoisotopic (exact) mass is 259 g/mol. The highest BCUT2D eigenvalue weighted by molar-refractivity contribution is 6.35. The van der Waals surface area contributed by atoms with Gasteiger partial charge in [0.15, 0.2) is 0 Å². The van der Waals surface area contributed by atoms with Crippen molar-refractivity contribution in [2.45, 2.75) is 32.4 Å². The Bertz CT molecular complexity index is 395. The third kappa shape index (κ3) is 2.15. The van der Waals surface area contributed by atoms with E-state index in [0.717, 1.165) is 24.3 Å². The van der Waals surface area contributed by atoms with Crippen molar-refractivity contribution < 1.29 is 4.74 Å². The number of hydrogen-bond donors (Lipinski definition) is 1. The van der Waals surface area contributed by atoms with E-state index in [-0.39, 0.29) is 12.1 Å². The second-order valence-electron chi connectivity index (χ2n) is 4.06. The minimum absolute atomic E-state index is 0.0949. The van der Waals surface area contributed by atoms with Crippen molar-refractivity contribution in [1.82, 2.24) is 5.32 Å². The van der Waals surface area contributed by atoms with Gasteiger partial charge in [-0.1, -0.05) is 30.1 Å². The van der Waals surface area contributed by atoms with Crippen LogP contribution < -0.4 is 10.1 Å². The van der Waals surface area contributed by atoms with Crippen molar-refractivity contribution in [1.29, 1.82) is 0 Å². The summed E-state index contributed by atoms with van der Waals surface area (Å²) in [4.78, 5) is 0. The highest BCUT2D eigenvalue weighted by atomic mass is 35.5. The van der Waals surface area contributed by atoms with Gasteiger partial charge in [-0.15, -0.1) is 0 Å². The molecule has 0 amide bonds. The van der Waals surface area contributed by atoms with Crippen LogP contribution in [-0.2, 0) is 0 Å². The molecular formula is C12H15Cl2NO. The molecule has 0 fully saturated rings. The summed E-state index contributed by atoms with van der Waals surface area (Å²) in [6.07, 6.45) is 1.19. The fourth-order valence-corrected chi connectivity index (χ4v) is 2.57. The Morgan fingerprint density at radius 3 is 2.81 bits per heavy atom. The van der Waals surface area contributed by atoms with E-state index in [2.05, 4.69) is 12.2 Å². The van der Waals surface area contributed by atoms with Crippen LogP contribution in [0.1, 0.15) is 31.9 Å². The minimum atomic E-state index is 0.0949. The molecule has 2 unspecified atom stereocenters. The van der Waals surface area contributed by atoms with E-state index in [1.54, 1.807) is 6.07 Å². The van der Waals surface area contributed by atoms with Gasteiger partial charge in [-0.05, 0) is 32.0 Å². The first-order chi connectivity index (χ1) is 7.63. The largest absolute Gasteiger partial charge is 0.487 e. The average molecular weight is 260 g/mol. The second-order valence-corrected chi connectivity index (χ2v) is 4.90. The number of benzene rings is 1. The number of fused-ring (bicyclic) bond motifs is 1. The SMILES string of the molecule is CCCNC1c2cc(Cl)cc(Cl)c2OC1C. The fraction of sp³-hybridized carbons (Fsp3) is 0.500. The summed E-state index contributed by atoms with van der Waals surface area (Å²) in [6.45, 7) is 5.14. The summed E-state index contributed by atoms with van der Waals surface area (Å²) in [5.41, 5.74) is 1.07. The van der Waals surface area contributed by atoms with Gasteiger partial charge in [0.05, 0.1) is 11.1 Å². The van der Waals surface area contributed by atoms with Gasteiger partial charge in [0.25, 0.3) is 0 Å². The van der Waals surface area contributed by atoms with Crippen LogP contribution in [0.15, 0.2) is 12.1 Å². The zero-order chi connectivity index (χ0) is 11.7. The fourth-order valence-electron chi connectivity index (χ4n) is 2.02. The van der Waals surface area contributed by atoms with Crippen LogP contribution in [0.2, 0.25) is 10.0 Å². The van der Waals surface area contributed by atoms with Crippen molar-refractivity contribution in [3.63, 3.8) is 0 Å². The quantitative estimate of drug-likeness (QED) is 0.892. The summed E-state index contributed by atoms with van der Waals surface area (Å²) in [6, 6.07) is 3.84. The van der Waals surface area contributed by atoms with E-state index < -0.39 is 0 Å². The zero-order valence-corrected chi connectivity index (χ0v) is 10.9. The maximum absolute atomic E-state index is 6.10. The minimum Gasteiger partial charge on any atom is -0.487 e. The molecule has 4 heteroatoms. The Hall–Kier alpha value is -0.440. The number of hydrogen-bond acceptors (Lipinski definition) is 2. The molecule has 0 aliphatic carbocycles. The third-order valence-corrected chi connectivity index (χ3v) is 3.26. The van der Waals surface area contributed by atoms with Gasteiger partial charge in [-0.25, -0.2) is 0 Å². The highest BCUT2D eigenvalue weighted by Crippen LogP contribution is 2.43. The van der Waals surface area contributed by atoms with Crippen molar-refractivity contribution in [3.8, 4) is 5.75 Å². The highest BCUT2D eigenvalue weighted by Gasteiger charge is 2.32. The van der Waals surface area contributed by atoms with Crippen LogP contribution in [0, 0.1) is 0 Å². The topological polar surface area (TPSA) is 21.3 Å². The van der Waals surface area contributed by atoms with Crippen molar-refractivity contribution in [2.24, 2.45) is 0 Å². The molecule has 1 heterocycles. The van der Waals surface area contributed by atoms with Gasteiger partial charge < -0.3 is 10.1 Å². The second kappa shape index (κ2) is 4.82. The Morgan fingerprint density at radius 2 is 2.12 bits per heavy atom. The summed E-state index contributed by atoms with van der Waals surface area (Å²) < 4.78 is 5.75. The number of halogens is 2. The molecule has 2 atom stereocenters. The lowest BCUT2D eigenvalue weighted by Crippen LogP contribution is -2.29. The van der Waals surface area contributed by atoms with E-state index in [1.165, 1.54) is 0 Å². The van der Waals surface area contributed by atoms with Gasteiger partial charge in [0.1, 0.15) is 11.9 Å². The molecule has 1 aliphatic rings. The smallest absolute Gasteiger partial charge is 0.143 e. The number of rotatable bonds is 3. The molecule has 1 aromatic rings. The van der Waals surface area contributed by atoms with Crippen LogP contribution in [-0.4, -0.2) is 12.6 Å². The van der Waals surface area contributed by atoms with E-state index >= 15 is 0 Å². The van der Waals surface area contributed by atoms with Gasteiger partial charge in [-0.3, -0.25) is 0 Å². The van der Waals surface area contributed by atoms with E-state index in [0.29, 0.717) is 10.0 Å². The Balaban J connectivity index is 2.32. The maximum atomic E-state index is 6.10. The first-order valence-corrected chi connectivity index (χ1v) is 6.28. The van der Waals surface area contributed by atoms with Crippen molar-refractivity contribution in [2.75, 3.05) is 6.54 Å². The lowest BCUT2D eigenvalue weighted by Gasteiger charge is -2.16. The van der Waals surface area contributed by atoms with Gasteiger partial charge in [0.2, 0.25) is 0 Å². The van der Waals surface area contributed by atoms with Crippen LogP contribution in [0.25, 0.3) is 0 Å². The molecule has 0 aromatic heterocycles. The summed E-state index contributed by atoms with van der Waals surface area (Å²) in [5.74, 6) is 0.771. The Morgan fingerprint density at radius 1 is 1.38 bits per heavy atom. The molecule has 2 rings (SSSR count). The van der Waals surface area contributed by atoms with Gasteiger partial charge in [-0.2, -0.15) is 0 Å². The normalized spacial score (nSPS) is 23.0. The molecule has 1 aromatic carbocycles. The molecule has 0 bridgehead atoms. The molecule has 88 valence electrons. The standard InChI is InChI=1S/C12H15Cl2NO/c1-3-4-15-11-7(2)16-12-9(11)5-8(13)6-10(12)14/h5-7,11,15H,3-4H2,1-2H3. The molecule has 1 aliphatic heterocycles. The van der Waals surface area contributed by atoms with Crippen LogP contribution in [0.3, 0.4) is 0 Å². The lowest BCUT2D eigenvalue weighted by molar-refractivity contribution is 0.210. The van der Waals surface area contributed by atoms with Gasteiger partial charge in [0, 0.05) is 10.6 Å². The summed E-state index contributed by atoms with van der Waals surface area (Å²) in [5, 5.41) is 4.70. The molecule has 0 spiro atoms. The molecule has 0 saturated carbocycles. The summed E-state index contributed by atoms with van der Waals surface area (Å²) >= 11 is 12.1. The van der Waals surface area contributed by atoms with Crippen molar-refractivity contribution in [3.05, 3.63) is 27.7 Å². The molecule has 0 saturated heterocycles. The molecule has 2 nitrogen and oxygen atoms in total. The Kier molecular flexibility index (Phi) is 3.63. The van der Waals surface area contributed by atoms with E-state index in [9.17, 15) is 0 Å². The number of ether oxygens (including phenoxy) is 1. The zero-order valence-electron chi connectivity index (χ0n) is 9.39. The Labute approximate surface area is 106 Å². The van der Waals surface area contributed by atoms with E-state index in [4.69, 9.17) is 27.9 Å². The average Bonchev–Trinajstić information content (AvgIpc) is 2.53. The number of nitrogens with one attached hydrogen (secondary N) is 1. The first kappa shape index (κ1) is 12.0. The molecule has 0 radical (unpaired) electrons. The van der Waals surface area contributed by atoms with Crippen LogP contribution in [0.4, 0.5) is 0 Å². The van der Waals surface area contributed by atoms with E-state index in [1.807, 2.05) is 13.0 Å².